The van der Waals surface area contributed by atoms with Crippen LogP contribution in [0.5, 0.6) is 0 Å². The van der Waals surface area contributed by atoms with Crippen LogP contribution in [-0.2, 0) is 22.4 Å². The molecular weight excluding hydrogens is 330 g/mol. The molecule has 26 heavy (non-hydrogen) atoms. The van der Waals surface area contributed by atoms with E-state index in [1.165, 1.54) is 0 Å². The summed E-state index contributed by atoms with van der Waals surface area (Å²) < 4.78 is 5.35. The van der Waals surface area contributed by atoms with E-state index in [1.807, 2.05) is 24.3 Å². The Morgan fingerprint density at radius 3 is 2.85 bits per heavy atom. The Morgan fingerprint density at radius 1 is 1.19 bits per heavy atom. The van der Waals surface area contributed by atoms with Crippen LogP contribution in [0, 0.1) is 5.92 Å². The number of amides is 2. The minimum Gasteiger partial charge on any atom is -0.368 e. The Labute approximate surface area is 152 Å². The molecule has 0 saturated carbocycles. The summed E-state index contributed by atoms with van der Waals surface area (Å²) >= 11 is 0. The molecule has 1 saturated heterocycles. The molecule has 6 heteroatoms. The molecule has 2 atom stereocenters. The number of hydrazine groups is 1. The third kappa shape index (κ3) is 3.17. The van der Waals surface area contributed by atoms with Crippen molar-refractivity contribution in [2.75, 3.05) is 6.61 Å². The molecule has 1 aliphatic carbocycles. The largest absolute Gasteiger partial charge is 0.368 e. The van der Waals surface area contributed by atoms with E-state index in [-0.39, 0.29) is 11.8 Å². The molecule has 0 bridgehead atoms. The third-order valence-corrected chi connectivity index (χ3v) is 5.25. The number of aromatic nitrogens is 1. The fraction of sp³-hybridized carbons (Fsp3) is 0.450. The van der Waals surface area contributed by atoms with E-state index >= 15 is 0 Å². The SMILES string of the molecule is CC1CCc2nc3ccccc3c(C(=O)NNC(=O)C3CCCO3)c2C1. The van der Waals surface area contributed by atoms with Crippen LogP contribution in [0.2, 0.25) is 0 Å². The zero-order valence-corrected chi connectivity index (χ0v) is 14.9. The van der Waals surface area contributed by atoms with Crippen LogP contribution in [0.1, 0.15) is 47.8 Å². The maximum Gasteiger partial charge on any atom is 0.270 e. The van der Waals surface area contributed by atoms with Gasteiger partial charge >= 0.3 is 0 Å². The minimum atomic E-state index is -0.474. The van der Waals surface area contributed by atoms with Gasteiger partial charge in [0.05, 0.1) is 11.1 Å². The van der Waals surface area contributed by atoms with Gasteiger partial charge in [-0.3, -0.25) is 25.4 Å². The first kappa shape index (κ1) is 17.0. The summed E-state index contributed by atoms with van der Waals surface area (Å²) in [5, 5.41) is 0.823. The number of hydrogen-bond acceptors (Lipinski definition) is 4. The molecule has 2 aromatic rings. The van der Waals surface area contributed by atoms with E-state index in [4.69, 9.17) is 9.72 Å². The highest BCUT2D eigenvalue weighted by Crippen LogP contribution is 2.31. The number of carbonyl (C=O) groups is 2. The van der Waals surface area contributed by atoms with Crippen LogP contribution in [0.15, 0.2) is 24.3 Å². The average Bonchev–Trinajstić information content (AvgIpc) is 3.19. The lowest BCUT2D eigenvalue weighted by Crippen LogP contribution is -2.46. The van der Waals surface area contributed by atoms with Crippen molar-refractivity contribution < 1.29 is 14.3 Å². The van der Waals surface area contributed by atoms with Crippen molar-refractivity contribution in [2.45, 2.75) is 45.1 Å². The summed E-state index contributed by atoms with van der Waals surface area (Å²) in [6.45, 7) is 2.78. The topological polar surface area (TPSA) is 80.3 Å². The number of rotatable bonds is 2. The number of hydrogen-bond donors (Lipinski definition) is 2. The van der Waals surface area contributed by atoms with Crippen LogP contribution in [0.25, 0.3) is 10.9 Å². The second-order valence-corrected chi connectivity index (χ2v) is 7.22. The Hall–Kier alpha value is -2.47. The number of pyridine rings is 1. The van der Waals surface area contributed by atoms with Gasteiger partial charge in [-0.1, -0.05) is 25.1 Å². The van der Waals surface area contributed by atoms with E-state index in [2.05, 4.69) is 17.8 Å². The molecule has 1 fully saturated rings. The molecule has 0 spiro atoms. The van der Waals surface area contributed by atoms with E-state index in [1.54, 1.807) is 0 Å². The first-order chi connectivity index (χ1) is 12.6. The third-order valence-electron chi connectivity index (χ3n) is 5.25. The molecular formula is C20H23N3O3. The lowest BCUT2D eigenvalue weighted by Gasteiger charge is -2.24. The summed E-state index contributed by atoms with van der Waals surface area (Å²) in [6, 6.07) is 7.67. The van der Waals surface area contributed by atoms with Gasteiger partial charge in [0.25, 0.3) is 11.8 Å². The zero-order valence-electron chi connectivity index (χ0n) is 14.9. The van der Waals surface area contributed by atoms with Gasteiger partial charge in [0, 0.05) is 17.7 Å². The lowest BCUT2D eigenvalue weighted by atomic mass is 9.84. The normalized spacial score (nSPS) is 22.0. The van der Waals surface area contributed by atoms with Crippen LogP contribution < -0.4 is 10.9 Å². The van der Waals surface area contributed by atoms with Gasteiger partial charge in [-0.15, -0.1) is 0 Å². The number of aryl methyl sites for hydroxylation is 1. The van der Waals surface area contributed by atoms with Gasteiger partial charge in [0.15, 0.2) is 0 Å². The Balaban J connectivity index is 1.64. The minimum absolute atomic E-state index is 0.291. The number of nitrogens with one attached hydrogen (secondary N) is 2. The number of benzene rings is 1. The van der Waals surface area contributed by atoms with Crippen molar-refractivity contribution in [3.63, 3.8) is 0 Å². The van der Waals surface area contributed by atoms with Gasteiger partial charge < -0.3 is 4.74 Å². The van der Waals surface area contributed by atoms with Gasteiger partial charge in [0.2, 0.25) is 0 Å². The molecule has 1 aliphatic heterocycles. The maximum absolute atomic E-state index is 13.0. The van der Waals surface area contributed by atoms with Crippen LogP contribution in [0.3, 0.4) is 0 Å². The summed E-state index contributed by atoms with van der Waals surface area (Å²) in [7, 11) is 0. The van der Waals surface area contributed by atoms with E-state index in [0.717, 1.165) is 47.8 Å². The monoisotopic (exact) mass is 353 g/mol. The molecule has 136 valence electrons. The second kappa shape index (κ2) is 7.03. The summed E-state index contributed by atoms with van der Waals surface area (Å²) in [5.41, 5.74) is 8.56. The van der Waals surface area contributed by atoms with E-state index in [9.17, 15) is 9.59 Å². The summed E-state index contributed by atoms with van der Waals surface area (Å²) in [5.74, 6) is -0.0739. The standard InChI is InChI=1S/C20H23N3O3/c1-12-8-9-16-14(11-12)18(13-5-2-3-6-15(13)21-16)20(25)23-22-19(24)17-7-4-10-26-17/h2-3,5-6,12,17H,4,7-11H2,1H3,(H,22,24)(H,23,25). The molecule has 1 aromatic carbocycles. The molecule has 2 N–H and O–H groups in total. The predicted molar refractivity (Wildman–Crippen MR) is 97.5 cm³/mol. The highest BCUT2D eigenvalue weighted by Gasteiger charge is 2.27. The second-order valence-electron chi connectivity index (χ2n) is 7.22. The fourth-order valence-corrected chi connectivity index (χ4v) is 3.87. The fourth-order valence-electron chi connectivity index (χ4n) is 3.87. The Bertz CT molecular complexity index is 859. The number of nitrogens with zero attached hydrogens (tertiary/aromatic N) is 1. The molecule has 2 aliphatic rings. The predicted octanol–water partition coefficient (Wildman–Crippen LogP) is 2.30. The van der Waals surface area contributed by atoms with Gasteiger partial charge in [-0.25, -0.2) is 0 Å². The first-order valence-electron chi connectivity index (χ1n) is 9.26. The number of para-hydroxylation sites is 1. The Kier molecular flexibility index (Phi) is 4.59. The molecule has 0 radical (unpaired) electrons. The molecule has 2 unspecified atom stereocenters. The van der Waals surface area contributed by atoms with Crippen molar-refractivity contribution in [3.05, 3.63) is 41.1 Å². The van der Waals surface area contributed by atoms with E-state index in [0.29, 0.717) is 24.5 Å². The van der Waals surface area contributed by atoms with Crippen molar-refractivity contribution in [3.8, 4) is 0 Å². The van der Waals surface area contributed by atoms with E-state index < -0.39 is 6.10 Å². The van der Waals surface area contributed by atoms with Crippen molar-refractivity contribution in [1.82, 2.24) is 15.8 Å². The van der Waals surface area contributed by atoms with Gasteiger partial charge in [-0.2, -0.15) is 0 Å². The maximum atomic E-state index is 13.0. The van der Waals surface area contributed by atoms with Crippen molar-refractivity contribution >= 4 is 22.7 Å². The number of ether oxygens (including phenoxy) is 1. The van der Waals surface area contributed by atoms with Crippen molar-refractivity contribution in [1.29, 1.82) is 0 Å². The molecule has 2 heterocycles. The molecule has 6 nitrogen and oxygen atoms in total. The van der Waals surface area contributed by atoms with Crippen LogP contribution >= 0.6 is 0 Å². The van der Waals surface area contributed by atoms with Crippen molar-refractivity contribution in [2.24, 2.45) is 5.92 Å². The summed E-state index contributed by atoms with van der Waals surface area (Å²) in [6.07, 6.45) is 3.87. The lowest BCUT2D eigenvalue weighted by molar-refractivity contribution is -0.130. The Morgan fingerprint density at radius 2 is 2.04 bits per heavy atom. The zero-order chi connectivity index (χ0) is 18.1. The van der Waals surface area contributed by atoms with Crippen LogP contribution in [0.4, 0.5) is 0 Å². The smallest absolute Gasteiger partial charge is 0.270 e. The average molecular weight is 353 g/mol. The van der Waals surface area contributed by atoms with Crippen LogP contribution in [-0.4, -0.2) is 29.5 Å². The first-order valence-corrected chi connectivity index (χ1v) is 9.26. The number of carbonyl (C=O) groups excluding carboxylic acids is 2. The number of fused-ring (bicyclic) bond motifs is 2. The highest BCUT2D eigenvalue weighted by molar-refractivity contribution is 6.08. The molecule has 1 aromatic heterocycles. The quantitative estimate of drug-likeness (QED) is 0.812. The van der Waals surface area contributed by atoms with Gasteiger partial charge in [-0.05, 0) is 49.7 Å². The summed E-state index contributed by atoms with van der Waals surface area (Å²) in [4.78, 5) is 29.8. The van der Waals surface area contributed by atoms with Gasteiger partial charge in [0.1, 0.15) is 6.10 Å². The molecule has 4 rings (SSSR count). The highest BCUT2D eigenvalue weighted by atomic mass is 16.5. The molecule has 2 amide bonds.